The van der Waals surface area contributed by atoms with E-state index in [1.54, 1.807) is 0 Å². The number of hydrogen-bond acceptors (Lipinski definition) is 1. The second kappa shape index (κ2) is 6.58. The predicted molar refractivity (Wildman–Crippen MR) is 77.7 cm³/mol. The van der Waals surface area contributed by atoms with Crippen molar-refractivity contribution in [2.45, 2.75) is 25.9 Å². The van der Waals surface area contributed by atoms with Crippen LogP contribution in [0.15, 0.2) is 48.5 Å². The fraction of sp³-hybridized carbons (Fsp3) is 0.250. The Morgan fingerprint density at radius 3 is 1.72 bits per heavy atom. The van der Waals surface area contributed by atoms with Gasteiger partial charge < -0.3 is 5.32 Å². The number of benzene rings is 2. The standard InChI is InChI=1S/C16H18ClN/c1-13-2-4-15(5-3-13)11-18-12-16-8-6-14(10-17)7-9-16/h2-9,18H,10-12H2,1H3. The van der Waals surface area contributed by atoms with Crippen molar-refractivity contribution >= 4 is 11.6 Å². The summed E-state index contributed by atoms with van der Waals surface area (Å²) in [5.74, 6) is 0.580. The molecule has 0 radical (unpaired) electrons. The van der Waals surface area contributed by atoms with Gasteiger partial charge in [0.05, 0.1) is 0 Å². The maximum Gasteiger partial charge on any atom is 0.0474 e. The molecule has 0 aromatic heterocycles. The molecule has 18 heavy (non-hydrogen) atoms. The lowest BCUT2D eigenvalue weighted by molar-refractivity contribution is 0.693. The Labute approximate surface area is 114 Å². The van der Waals surface area contributed by atoms with Crippen LogP contribution >= 0.6 is 11.6 Å². The molecule has 0 atom stereocenters. The Hall–Kier alpha value is -1.31. The third-order valence-corrected chi connectivity index (χ3v) is 3.26. The van der Waals surface area contributed by atoms with Crippen LogP contribution < -0.4 is 5.32 Å². The highest BCUT2D eigenvalue weighted by atomic mass is 35.5. The molecule has 0 bridgehead atoms. The number of nitrogens with one attached hydrogen (secondary N) is 1. The number of hydrogen-bond donors (Lipinski definition) is 1. The first kappa shape index (κ1) is 13.1. The van der Waals surface area contributed by atoms with Crippen LogP contribution in [0.2, 0.25) is 0 Å². The average Bonchev–Trinajstić information content (AvgIpc) is 2.42. The fourth-order valence-electron chi connectivity index (χ4n) is 1.80. The Morgan fingerprint density at radius 1 is 0.778 bits per heavy atom. The van der Waals surface area contributed by atoms with E-state index in [1.165, 1.54) is 22.3 Å². The first-order chi connectivity index (χ1) is 8.78. The molecular formula is C16H18ClN. The number of rotatable bonds is 5. The number of aryl methyl sites for hydroxylation is 1. The van der Waals surface area contributed by atoms with Crippen LogP contribution in [0.25, 0.3) is 0 Å². The summed E-state index contributed by atoms with van der Waals surface area (Å²) in [4.78, 5) is 0. The van der Waals surface area contributed by atoms with Gasteiger partial charge in [-0.3, -0.25) is 0 Å². The lowest BCUT2D eigenvalue weighted by Gasteiger charge is -2.06. The summed E-state index contributed by atoms with van der Waals surface area (Å²) >= 11 is 5.76. The Kier molecular flexibility index (Phi) is 4.80. The van der Waals surface area contributed by atoms with Crippen molar-refractivity contribution < 1.29 is 0 Å². The van der Waals surface area contributed by atoms with Gasteiger partial charge in [0.1, 0.15) is 0 Å². The monoisotopic (exact) mass is 259 g/mol. The summed E-state index contributed by atoms with van der Waals surface area (Å²) in [6, 6.07) is 17.0. The summed E-state index contributed by atoms with van der Waals surface area (Å²) in [5.41, 5.74) is 5.07. The zero-order chi connectivity index (χ0) is 12.8. The fourth-order valence-corrected chi connectivity index (χ4v) is 1.98. The molecule has 0 saturated heterocycles. The molecule has 94 valence electrons. The minimum absolute atomic E-state index is 0.580. The average molecular weight is 260 g/mol. The number of alkyl halides is 1. The Bertz CT molecular complexity index is 473. The first-order valence-corrected chi connectivity index (χ1v) is 6.71. The largest absolute Gasteiger partial charge is 0.309 e. The van der Waals surface area contributed by atoms with Gasteiger partial charge in [0.25, 0.3) is 0 Å². The van der Waals surface area contributed by atoms with E-state index in [1.807, 2.05) is 0 Å². The van der Waals surface area contributed by atoms with Crippen molar-refractivity contribution in [1.29, 1.82) is 0 Å². The van der Waals surface area contributed by atoms with Crippen molar-refractivity contribution in [2.75, 3.05) is 0 Å². The minimum atomic E-state index is 0.580. The predicted octanol–water partition coefficient (Wildman–Crippen LogP) is 4.02. The highest BCUT2D eigenvalue weighted by Crippen LogP contribution is 2.07. The summed E-state index contributed by atoms with van der Waals surface area (Å²) < 4.78 is 0. The van der Waals surface area contributed by atoms with E-state index in [-0.39, 0.29) is 0 Å². The molecule has 0 aliphatic rings. The second-order valence-corrected chi connectivity index (χ2v) is 4.81. The quantitative estimate of drug-likeness (QED) is 0.800. The molecule has 0 amide bonds. The summed E-state index contributed by atoms with van der Waals surface area (Å²) in [6.45, 7) is 3.89. The van der Waals surface area contributed by atoms with E-state index >= 15 is 0 Å². The van der Waals surface area contributed by atoms with E-state index < -0.39 is 0 Å². The highest BCUT2D eigenvalue weighted by molar-refractivity contribution is 6.17. The van der Waals surface area contributed by atoms with Crippen LogP contribution in [0, 0.1) is 6.92 Å². The van der Waals surface area contributed by atoms with Gasteiger partial charge in [0.15, 0.2) is 0 Å². The highest BCUT2D eigenvalue weighted by Gasteiger charge is 1.95. The molecule has 0 unspecified atom stereocenters. The third kappa shape index (κ3) is 3.86. The topological polar surface area (TPSA) is 12.0 Å². The van der Waals surface area contributed by atoms with E-state index in [0.717, 1.165) is 13.1 Å². The van der Waals surface area contributed by atoms with Crippen LogP contribution in [0.4, 0.5) is 0 Å². The van der Waals surface area contributed by atoms with Gasteiger partial charge in [-0.25, -0.2) is 0 Å². The van der Waals surface area contributed by atoms with E-state index in [0.29, 0.717) is 5.88 Å². The molecule has 1 N–H and O–H groups in total. The van der Waals surface area contributed by atoms with Crippen LogP contribution in [-0.2, 0) is 19.0 Å². The molecule has 0 aliphatic heterocycles. The van der Waals surface area contributed by atoms with Crippen molar-refractivity contribution in [3.8, 4) is 0 Å². The first-order valence-electron chi connectivity index (χ1n) is 6.18. The molecule has 0 aliphatic carbocycles. The molecule has 0 spiro atoms. The molecule has 2 rings (SSSR count). The lowest BCUT2D eigenvalue weighted by Crippen LogP contribution is -2.12. The molecule has 0 fully saturated rings. The van der Waals surface area contributed by atoms with Gasteiger partial charge in [0, 0.05) is 19.0 Å². The minimum Gasteiger partial charge on any atom is -0.309 e. The van der Waals surface area contributed by atoms with Gasteiger partial charge in [-0.05, 0) is 23.6 Å². The van der Waals surface area contributed by atoms with Gasteiger partial charge in [-0.1, -0.05) is 54.1 Å². The van der Waals surface area contributed by atoms with Crippen LogP contribution in [0.1, 0.15) is 22.3 Å². The SMILES string of the molecule is Cc1ccc(CNCc2ccc(CCl)cc2)cc1. The third-order valence-electron chi connectivity index (χ3n) is 2.96. The summed E-state index contributed by atoms with van der Waals surface area (Å²) in [7, 11) is 0. The zero-order valence-electron chi connectivity index (χ0n) is 10.6. The Balaban J connectivity index is 1.82. The second-order valence-electron chi connectivity index (χ2n) is 4.54. The van der Waals surface area contributed by atoms with Gasteiger partial charge in [0.2, 0.25) is 0 Å². The van der Waals surface area contributed by atoms with E-state index in [2.05, 4.69) is 60.8 Å². The van der Waals surface area contributed by atoms with Crippen LogP contribution in [-0.4, -0.2) is 0 Å². The van der Waals surface area contributed by atoms with Crippen molar-refractivity contribution in [1.82, 2.24) is 5.32 Å². The van der Waals surface area contributed by atoms with Gasteiger partial charge in [-0.15, -0.1) is 11.6 Å². The molecule has 0 saturated carbocycles. The molecule has 0 heterocycles. The van der Waals surface area contributed by atoms with E-state index in [4.69, 9.17) is 11.6 Å². The normalized spacial score (nSPS) is 10.6. The molecule has 1 nitrogen and oxygen atoms in total. The zero-order valence-corrected chi connectivity index (χ0v) is 11.4. The smallest absolute Gasteiger partial charge is 0.0474 e. The van der Waals surface area contributed by atoms with Crippen LogP contribution in [0.5, 0.6) is 0 Å². The summed E-state index contributed by atoms with van der Waals surface area (Å²) in [6.07, 6.45) is 0. The van der Waals surface area contributed by atoms with Crippen molar-refractivity contribution in [3.63, 3.8) is 0 Å². The van der Waals surface area contributed by atoms with Crippen LogP contribution in [0.3, 0.4) is 0 Å². The molecule has 2 aromatic rings. The molecular weight excluding hydrogens is 242 g/mol. The number of halogens is 1. The molecule has 2 aromatic carbocycles. The Morgan fingerprint density at radius 2 is 1.22 bits per heavy atom. The van der Waals surface area contributed by atoms with Gasteiger partial charge >= 0.3 is 0 Å². The van der Waals surface area contributed by atoms with Crippen molar-refractivity contribution in [3.05, 3.63) is 70.8 Å². The van der Waals surface area contributed by atoms with E-state index in [9.17, 15) is 0 Å². The van der Waals surface area contributed by atoms with Gasteiger partial charge in [-0.2, -0.15) is 0 Å². The lowest BCUT2D eigenvalue weighted by atomic mass is 10.1. The maximum atomic E-state index is 5.76. The van der Waals surface area contributed by atoms with Crippen molar-refractivity contribution in [2.24, 2.45) is 0 Å². The summed E-state index contributed by atoms with van der Waals surface area (Å²) in [5, 5.41) is 3.44. The molecule has 2 heteroatoms. The maximum absolute atomic E-state index is 5.76.